The number of nitrogens with two attached hydrogens (primary N) is 1. The average Bonchev–Trinajstić information content (AvgIpc) is 3.31. The van der Waals surface area contributed by atoms with Crippen molar-refractivity contribution >= 4 is 17.3 Å². The summed E-state index contributed by atoms with van der Waals surface area (Å²) < 4.78 is 5.86. The van der Waals surface area contributed by atoms with Crippen LogP contribution in [0.5, 0.6) is 5.75 Å². The summed E-state index contributed by atoms with van der Waals surface area (Å²) in [7, 11) is 1.00. The molecule has 0 saturated carbocycles. The van der Waals surface area contributed by atoms with E-state index in [1.165, 1.54) is 16.7 Å². The first-order valence-corrected chi connectivity index (χ1v) is 13.7. The second-order valence-electron chi connectivity index (χ2n) is 9.82. The molecular weight excluding hydrogens is 488 g/mol. The van der Waals surface area contributed by atoms with E-state index in [-0.39, 0.29) is 12.1 Å². The van der Waals surface area contributed by atoms with Crippen molar-refractivity contribution in [1.29, 1.82) is 0 Å². The zero-order chi connectivity index (χ0) is 29.5. The van der Waals surface area contributed by atoms with Gasteiger partial charge in [-0.3, -0.25) is 9.79 Å². The Morgan fingerprint density at radius 3 is 2.46 bits per heavy atom. The summed E-state index contributed by atoms with van der Waals surface area (Å²) in [5.74, 6) is 3.11. The highest BCUT2D eigenvalue weighted by atomic mass is 16.5. The molecule has 2 atom stereocenters. The van der Waals surface area contributed by atoms with Crippen LogP contribution in [0.4, 0.5) is 0 Å². The molecule has 2 aromatic rings. The van der Waals surface area contributed by atoms with Gasteiger partial charge in [-0.1, -0.05) is 44.9 Å². The second-order valence-corrected chi connectivity index (χ2v) is 9.82. The number of benzene rings is 2. The van der Waals surface area contributed by atoms with E-state index in [0.717, 1.165) is 61.0 Å². The topological polar surface area (TPSA) is 105 Å². The van der Waals surface area contributed by atoms with E-state index in [1.807, 2.05) is 39.1 Å². The smallest absolute Gasteiger partial charge is 0.303 e. The Labute approximate surface area is 235 Å². The maximum atomic E-state index is 9.60. The first-order chi connectivity index (χ1) is 18.6. The molecule has 0 radical (unpaired) electrons. The van der Waals surface area contributed by atoms with Crippen LogP contribution < -0.4 is 10.5 Å². The van der Waals surface area contributed by atoms with Gasteiger partial charge in [0.15, 0.2) is 0 Å². The van der Waals surface area contributed by atoms with Crippen molar-refractivity contribution < 1.29 is 19.7 Å². The molecule has 0 bridgehead atoms. The fourth-order valence-corrected chi connectivity index (χ4v) is 4.34. The van der Waals surface area contributed by atoms with Crippen LogP contribution in [0.15, 0.2) is 47.6 Å². The zero-order valence-electron chi connectivity index (χ0n) is 24.6. The van der Waals surface area contributed by atoms with Crippen LogP contribution in [-0.2, 0) is 11.2 Å². The van der Waals surface area contributed by atoms with Crippen molar-refractivity contribution in [3.8, 4) is 18.1 Å². The number of aliphatic carboxylic acids is 1. The maximum absolute atomic E-state index is 9.60. The van der Waals surface area contributed by atoms with Crippen LogP contribution in [0.25, 0.3) is 5.57 Å². The van der Waals surface area contributed by atoms with Crippen LogP contribution in [0.1, 0.15) is 101 Å². The van der Waals surface area contributed by atoms with Gasteiger partial charge < -0.3 is 20.7 Å². The number of fused-ring (bicyclic) bond motifs is 1. The minimum absolute atomic E-state index is 0.0759. The van der Waals surface area contributed by atoms with Gasteiger partial charge >= 0.3 is 5.97 Å². The number of aliphatic hydroxyl groups excluding tert-OH is 1. The first-order valence-electron chi connectivity index (χ1n) is 13.7. The van der Waals surface area contributed by atoms with Crippen molar-refractivity contribution in [2.75, 3.05) is 7.11 Å². The molecule has 0 aromatic heterocycles. The molecule has 0 amide bonds. The van der Waals surface area contributed by atoms with Gasteiger partial charge in [-0.25, -0.2) is 0 Å². The van der Waals surface area contributed by atoms with Gasteiger partial charge in [-0.15, -0.1) is 6.42 Å². The van der Waals surface area contributed by atoms with Crippen molar-refractivity contribution in [2.45, 2.75) is 85.8 Å². The van der Waals surface area contributed by atoms with Crippen molar-refractivity contribution in [1.82, 2.24) is 0 Å². The molecule has 0 spiro atoms. The Bertz CT molecular complexity index is 1170. The maximum Gasteiger partial charge on any atom is 0.303 e. The number of rotatable bonds is 9. The summed E-state index contributed by atoms with van der Waals surface area (Å²) >= 11 is 0. The van der Waals surface area contributed by atoms with Gasteiger partial charge in [-0.2, -0.15) is 0 Å². The summed E-state index contributed by atoms with van der Waals surface area (Å²) in [6.07, 6.45) is 11.9. The molecule has 2 unspecified atom stereocenters. The van der Waals surface area contributed by atoms with Crippen molar-refractivity contribution in [3.05, 3.63) is 70.4 Å². The number of hydrogen-bond acceptors (Lipinski definition) is 5. The molecule has 1 aliphatic rings. The summed E-state index contributed by atoms with van der Waals surface area (Å²) in [4.78, 5) is 14.6. The Balaban J connectivity index is 0.000000839. The lowest BCUT2D eigenvalue weighted by atomic mass is 9.94. The summed E-state index contributed by atoms with van der Waals surface area (Å²) in [6, 6.07) is 12.6. The molecular formula is C33H46N2O4. The highest BCUT2D eigenvalue weighted by molar-refractivity contribution is 6.03. The number of carboxylic acids is 1. The molecule has 6 nitrogen and oxygen atoms in total. The number of carboxylic acid groups (broad SMARTS) is 1. The third-order valence-electron chi connectivity index (χ3n) is 6.48. The average molecular weight is 535 g/mol. The minimum Gasteiger partial charge on any atom is -0.490 e. The Morgan fingerprint density at radius 1 is 1.23 bits per heavy atom. The summed E-state index contributed by atoms with van der Waals surface area (Å²) in [5.41, 5.74) is 14.2. The Morgan fingerprint density at radius 2 is 1.92 bits per heavy atom. The SMILES string of the molecule is C#Cc1cc(C(=N/C=C(\C)c2cccc3c2CCC3N)C(C)CC)ccc1OC(C)C.CCCC(=O)O.CO. The predicted molar refractivity (Wildman–Crippen MR) is 162 cm³/mol. The number of ether oxygens (including phenoxy) is 1. The number of hydrogen-bond donors (Lipinski definition) is 3. The fraction of sp³-hybridized carbons (Fsp3) is 0.455. The molecule has 1 aliphatic carbocycles. The molecule has 39 heavy (non-hydrogen) atoms. The summed E-state index contributed by atoms with van der Waals surface area (Å²) in [6.45, 7) is 12.4. The number of terminal acetylenes is 1. The van der Waals surface area contributed by atoms with E-state index in [1.54, 1.807) is 0 Å². The lowest BCUT2D eigenvalue weighted by Crippen LogP contribution is -2.13. The standard InChI is InChI=1S/C28H34N2O.C4H8O2.CH4O/c1-7-19(5)28(22-12-15-27(31-18(3)4)21(8-2)16-22)30-17-20(6)23-10-9-11-25-24(23)13-14-26(25)29;1-2-3-4(5)6;1-2/h2,9-12,15-19,26H,7,13-14,29H2,1,3-6H3;2-3H2,1H3,(H,5,6);2H,1H3/b20-17+,30-28?;;. The number of aliphatic hydroxyl groups is 1. The summed E-state index contributed by atoms with van der Waals surface area (Å²) in [5, 5.41) is 14.9. The lowest BCUT2D eigenvalue weighted by Gasteiger charge is -2.16. The van der Waals surface area contributed by atoms with Gasteiger partial charge in [0, 0.05) is 25.8 Å². The van der Waals surface area contributed by atoms with Gasteiger partial charge in [0.1, 0.15) is 5.75 Å². The van der Waals surface area contributed by atoms with E-state index in [0.29, 0.717) is 12.3 Å². The van der Waals surface area contributed by atoms with Crippen LogP contribution >= 0.6 is 0 Å². The Kier molecular flexibility index (Phi) is 14.9. The van der Waals surface area contributed by atoms with Crippen LogP contribution in [0.3, 0.4) is 0 Å². The molecule has 0 fully saturated rings. The molecule has 0 heterocycles. The van der Waals surface area contributed by atoms with Gasteiger partial charge in [0.25, 0.3) is 0 Å². The monoisotopic (exact) mass is 534 g/mol. The van der Waals surface area contributed by atoms with Gasteiger partial charge in [0.2, 0.25) is 0 Å². The first kappa shape index (κ1) is 33.6. The van der Waals surface area contributed by atoms with Crippen LogP contribution in [0, 0.1) is 18.3 Å². The molecule has 6 heteroatoms. The van der Waals surface area contributed by atoms with Crippen LogP contribution in [-0.4, -0.2) is 35.1 Å². The molecule has 2 aromatic carbocycles. The fourth-order valence-electron chi connectivity index (χ4n) is 4.34. The second kappa shape index (κ2) is 17.2. The largest absolute Gasteiger partial charge is 0.490 e. The van der Waals surface area contributed by atoms with E-state index in [9.17, 15) is 4.79 Å². The third kappa shape index (κ3) is 10.0. The number of aliphatic imine (C=N–C) groups is 1. The predicted octanol–water partition coefficient (Wildman–Crippen LogP) is 6.78. The lowest BCUT2D eigenvalue weighted by molar-refractivity contribution is -0.137. The minimum atomic E-state index is -0.711. The van der Waals surface area contributed by atoms with Crippen LogP contribution in [0.2, 0.25) is 0 Å². The van der Waals surface area contributed by atoms with Gasteiger partial charge in [0.05, 0.1) is 17.4 Å². The van der Waals surface area contributed by atoms with Gasteiger partial charge in [-0.05, 0) is 98.4 Å². The van der Waals surface area contributed by atoms with Crippen molar-refractivity contribution in [3.63, 3.8) is 0 Å². The molecule has 3 rings (SSSR count). The van der Waals surface area contributed by atoms with E-state index in [4.69, 9.17) is 32.1 Å². The normalized spacial score (nSPS) is 15.3. The van der Waals surface area contributed by atoms with E-state index >= 15 is 0 Å². The number of nitrogens with zero attached hydrogens (tertiary/aromatic N) is 1. The third-order valence-corrected chi connectivity index (χ3v) is 6.48. The molecule has 4 N–H and O–H groups in total. The van der Waals surface area contributed by atoms with E-state index in [2.05, 4.69) is 51.0 Å². The Hall–Kier alpha value is -3.40. The number of carbonyl (C=O) groups is 1. The highest BCUT2D eigenvalue weighted by Crippen LogP contribution is 2.34. The van der Waals surface area contributed by atoms with E-state index < -0.39 is 5.97 Å². The quantitative estimate of drug-likeness (QED) is 0.243. The zero-order valence-corrected chi connectivity index (χ0v) is 24.6. The molecule has 212 valence electrons. The highest BCUT2D eigenvalue weighted by Gasteiger charge is 2.21. The van der Waals surface area contributed by atoms with Crippen molar-refractivity contribution in [2.24, 2.45) is 16.6 Å². The molecule has 0 aliphatic heterocycles. The molecule has 0 saturated heterocycles. The number of allylic oxidation sites excluding steroid dienone is 1.